The van der Waals surface area contributed by atoms with Crippen LogP contribution < -0.4 is 0 Å². The standard InChI is InChI=1S/C77H126O6/c1-4-7-10-13-16-19-22-25-28-31-33-34-35-36-37-38-39-40-41-42-44-46-49-52-55-58-61-64-67-70-76(79)82-73-74(72-81-75(78)69-66-63-60-57-54-51-48-45-30-27-24-21-18-15-12-9-6-3)83-77(80)71-68-65-62-59-56-53-50-47-43-32-29-26-23-20-17-14-11-8-5-2/h7,9-10,12,16-21,25-30,33-34,36-37,39-40,48,51,74H,4-6,8,11,13-15,22-24,31-32,35,38,41-47,49-50,52-73H2,1-3H3/b10-7-,12-9-,19-16-,20-17-,21-18-,28-25-,29-26-,30-27-,34-33-,37-36-,40-39-,51-48-. The summed E-state index contributed by atoms with van der Waals surface area (Å²) in [4.78, 5) is 38.4. The summed E-state index contributed by atoms with van der Waals surface area (Å²) in [5, 5.41) is 0. The first-order valence-electron chi connectivity index (χ1n) is 34.3. The number of carbonyl (C=O) groups excluding carboxylic acids is 3. The fourth-order valence-corrected chi connectivity index (χ4v) is 9.23. The fourth-order valence-electron chi connectivity index (χ4n) is 9.23. The molecule has 6 nitrogen and oxygen atoms in total. The van der Waals surface area contributed by atoms with Crippen LogP contribution in [0.25, 0.3) is 0 Å². The normalized spacial score (nSPS) is 13.0. The van der Waals surface area contributed by atoms with E-state index >= 15 is 0 Å². The molecule has 0 aliphatic heterocycles. The first-order chi connectivity index (χ1) is 41.0. The van der Waals surface area contributed by atoms with Crippen molar-refractivity contribution in [3.8, 4) is 0 Å². The van der Waals surface area contributed by atoms with Gasteiger partial charge >= 0.3 is 17.9 Å². The number of unbranched alkanes of at least 4 members (excludes halogenated alkanes) is 26. The van der Waals surface area contributed by atoms with E-state index < -0.39 is 6.10 Å². The molecule has 6 heteroatoms. The SMILES string of the molecule is CC/C=C\C/C=C\C/C=C\C/C=C\C/C=C\C/C=C\CCCCCCCCCCCCC(=O)OCC(COC(=O)CCCCCC/C=C\C/C=C\C/C=C\C/C=C\CC)OC(=O)CCCCCCCCCCC/C=C\C/C=C\CCCCC. The van der Waals surface area contributed by atoms with Crippen molar-refractivity contribution in [2.75, 3.05) is 13.2 Å². The number of ether oxygens (including phenoxy) is 3. The molecule has 0 saturated heterocycles. The van der Waals surface area contributed by atoms with Crippen molar-refractivity contribution in [3.63, 3.8) is 0 Å². The van der Waals surface area contributed by atoms with E-state index in [1.165, 1.54) is 122 Å². The quantitative estimate of drug-likeness (QED) is 0.0261. The van der Waals surface area contributed by atoms with Crippen molar-refractivity contribution in [1.29, 1.82) is 0 Å². The van der Waals surface area contributed by atoms with E-state index in [0.29, 0.717) is 19.3 Å². The lowest BCUT2D eigenvalue weighted by molar-refractivity contribution is -0.167. The number of hydrogen-bond acceptors (Lipinski definition) is 6. The third-order valence-electron chi connectivity index (χ3n) is 14.3. The maximum atomic E-state index is 12.9. The summed E-state index contributed by atoms with van der Waals surface area (Å²) in [7, 11) is 0. The molecular formula is C77H126O6. The van der Waals surface area contributed by atoms with Crippen LogP contribution in [0.5, 0.6) is 0 Å². The highest BCUT2D eigenvalue weighted by Gasteiger charge is 2.19. The minimum atomic E-state index is -0.800. The molecule has 0 amide bonds. The van der Waals surface area contributed by atoms with Gasteiger partial charge in [-0.2, -0.15) is 0 Å². The second-order valence-electron chi connectivity index (χ2n) is 22.3. The summed E-state index contributed by atoms with van der Waals surface area (Å²) in [6, 6.07) is 0. The zero-order valence-corrected chi connectivity index (χ0v) is 53.9. The Morgan fingerprint density at radius 1 is 0.253 bits per heavy atom. The van der Waals surface area contributed by atoms with Crippen LogP contribution >= 0.6 is 0 Å². The molecule has 0 N–H and O–H groups in total. The van der Waals surface area contributed by atoms with Gasteiger partial charge in [-0.15, -0.1) is 0 Å². The van der Waals surface area contributed by atoms with Crippen molar-refractivity contribution >= 4 is 17.9 Å². The molecule has 1 unspecified atom stereocenters. The molecule has 0 rings (SSSR count). The van der Waals surface area contributed by atoms with Crippen molar-refractivity contribution in [1.82, 2.24) is 0 Å². The smallest absolute Gasteiger partial charge is 0.306 e. The van der Waals surface area contributed by atoms with E-state index in [4.69, 9.17) is 14.2 Å². The van der Waals surface area contributed by atoms with E-state index in [0.717, 1.165) is 141 Å². The van der Waals surface area contributed by atoms with Crippen LogP contribution in [0.3, 0.4) is 0 Å². The van der Waals surface area contributed by atoms with Crippen molar-refractivity contribution in [2.24, 2.45) is 0 Å². The average Bonchev–Trinajstić information content (AvgIpc) is 3.49. The summed E-state index contributed by atoms with van der Waals surface area (Å²) in [5.74, 6) is -0.922. The van der Waals surface area contributed by atoms with Crippen LogP contribution in [0.15, 0.2) is 146 Å². The van der Waals surface area contributed by atoms with Gasteiger partial charge in [0.2, 0.25) is 0 Å². The first kappa shape index (κ1) is 78.3. The summed E-state index contributed by atoms with van der Waals surface area (Å²) in [6.07, 6.45) is 100.0. The van der Waals surface area contributed by atoms with Crippen LogP contribution in [0.1, 0.15) is 303 Å². The minimum Gasteiger partial charge on any atom is -0.462 e. The summed E-state index contributed by atoms with van der Waals surface area (Å²) >= 11 is 0. The van der Waals surface area contributed by atoms with Crippen LogP contribution in [0.2, 0.25) is 0 Å². The zero-order chi connectivity index (χ0) is 59.9. The fraction of sp³-hybridized carbons (Fsp3) is 0.649. The van der Waals surface area contributed by atoms with Crippen LogP contribution in [-0.4, -0.2) is 37.2 Å². The lowest BCUT2D eigenvalue weighted by Gasteiger charge is -2.18. The van der Waals surface area contributed by atoms with Gasteiger partial charge in [0.25, 0.3) is 0 Å². The molecule has 0 aromatic rings. The summed E-state index contributed by atoms with van der Waals surface area (Å²) in [6.45, 7) is 6.38. The van der Waals surface area contributed by atoms with Gasteiger partial charge in [-0.1, -0.05) is 289 Å². The number of esters is 3. The van der Waals surface area contributed by atoms with E-state index in [2.05, 4.69) is 167 Å². The topological polar surface area (TPSA) is 78.9 Å². The Kier molecular flexibility index (Phi) is 65.8. The highest BCUT2D eigenvalue weighted by Crippen LogP contribution is 2.16. The Balaban J connectivity index is 4.39. The van der Waals surface area contributed by atoms with Crippen LogP contribution in [0.4, 0.5) is 0 Å². The second kappa shape index (κ2) is 69.8. The molecule has 0 aliphatic rings. The zero-order valence-electron chi connectivity index (χ0n) is 53.9. The van der Waals surface area contributed by atoms with Gasteiger partial charge in [0.1, 0.15) is 13.2 Å². The molecule has 0 aromatic heterocycles. The average molecular weight is 1150 g/mol. The Bertz CT molecular complexity index is 1800. The van der Waals surface area contributed by atoms with Gasteiger partial charge in [0.15, 0.2) is 6.10 Å². The lowest BCUT2D eigenvalue weighted by Crippen LogP contribution is -2.30. The van der Waals surface area contributed by atoms with Crippen molar-refractivity contribution < 1.29 is 28.6 Å². The molecule has 0 bridgehead atoms. The largest absolute Gasteiger partial charge is 0.462 e. The third kappa shape index (κ3) is 68.0. The Hall–Kier alpha value is -4.71. The Morgan fingerprint density at radius 2 is 0.470 bits per heavy atom. The number of allylic oxidation sites excluding steroid dienone is 24. The first-order valence-corrected chi connectivity index (χ1v) is 34.3. The molecule has 0 heterocycles. The third-order valence-corrected chi connectivity index (χ3v) is 14.3. The van der Waals surface area contributed by atoms with E-state index in [1.807, 2.05) is 0 Å². The van der Waals surface area contributed by atoms with Crippen LogP contribution in [0, 0.1) is 0 Å². The lowest BCUT2D eigenvalue weighted by atomic mass is 10.1. The van der Waals surface area contributed by atoms with E-state index in [1.54, 1.807) is 0 Å². The van der Waals surface area contributed by atoms with Crippen molar-refractivity contribution in [3.05, 3.63) is 146 Å². The van der Waals surface area contributed by atoms with Crippen LogP contribution in [-0.2, 0) is 28.6 Å². The predicted octanol–water partition coefficient (Wildman–Crippen LogP) is 23.9. The van der Waals surface area contributed by atoms with Gasteiger partial charge < -0.3 is 14.2 Å². The molecule has 0 fully saturated rings. The van der Waals surface area contributed by atoms with Gasteiger partial charge in [-0.25, -0.2) is 0 Å². The molecule has 0 spiro atoms. The number of rotatable bonds is 61. The predicted molar refractivity (Wildman–Crippen MR) is 362 cm³/mol. The van der Waals surface area contributed by atoms with Gasteiger partial charge in [0.05, 0.1) is 0 Å². The highest BCUT2D eigenvalue weighted by molar-refractivity contribution is 5.71. The molecule has 83 heavy (non-hydrogen) atoms. The Morgan fingerprint density at radius 3 is 0.735 bits per heavy atom. The molecule has 0 aliphatic carbocycles. The monoisotopic (exact) mass is 1150 g/mol. The molecule has 0 saturated carbocycles. The molecule has 0 aromatic carbocycles. The summed E-state index contributed by atoms with van der Waals surface area (Å²) < 4.78 is 17.0. The van der Waals surface area contributed by atoms with Crippen molar-refractivity contribution in [2.45, 2.75) is 309 Å². The number of hydrogen-bond donors (Lipinski definition) is 0. The molecule has 0 radical (unpaired) electrons. The van der Waals surface area contributed by atoms with E-state index in [9.17, 15) is 14.4 Å². The maximum absolute atomic E-state index is 12.9. The van der Waals surface area contributed by atoms with Gasteiger partial charge in [-0.3, -0.25) is 14.4 Å². The van der Waals surface area contributed by atoms with Gasteiger partial charge in [-0.05, 0) is 141 Å². The summed E-state index contributed by atoms with van der Waals surface area (Å²) in [5.41, 5.74) is 0. The van der Waals surface area contributed by atoms with Gasteiger partial charge in [0, 0.05) is 19.3 Å². The maximum Gasteiger partial charge on any atom is 0.306 e. The highest BCUT2D eigenvalue weighted by atomic mass is 16.6. The minimum absolute atomic E-state index is 0.0939. The molecular weight excluding hydrogens is 1020 g/mol. The second-order valence-corrected chi connectivity index (χ2v) is 22.3. The molecule has 470 valence electrons. The van der Waals surface area contributed by atoms with E-state index in [-0.39, 0.29) is 31.1 Å². The number of carbonyl (C=O) groups is 3. The Labute approximate surface area is 512 Å². The molecule has 1 atom stereocenters.